The van der Waals surface area contributed by atoms with Crippen molar-refractivity contribution in [1.82, 2.24) is 0 Å². The Kier molecular flexibility index (Phi) is 0.906. The molecule has 1 nitrogen and oxygen atoms in total. The van der Waals surface area contributed by atoms with Gasteiger partial charge in [0, 0.05) is 5.71 Å². The van der Waals surface area contributed by atoms with Gasteiger partial charge in [0.2, 0.25) is 0 Å². The molecule has 6 heavy (non-hydrogen) atoms. The zero-order valence-corrected chi connectivity index (χ0v) is 4.07. The molecule has 0 aliphatic carbocycles. The second kappa shape index (κ2) is 1.41. The van der Waals surface area contributed by atoms with Gasteiger partial charge in [-0.05, 0) is 6.42 Å². The number of nitrogens with zero attached hydrogens (tertiary/aromatic N) is 1. The minimum Gasteiger partial charge on any atom is -0.286 e. The van der Waals surface area contributed by atoms with Crippen molar-refractivity contribution in [1.29, 1.82) is 0 Å². The molecule has 0 spiro atoms. The highest BCUT2D eigenvalue weighted by Crippen LogP contribution is 2.02. The Morgan fingerprint density at radius 1 is 1.83 bits per heavy atom. The molecule has 0 bridgehead atoms. The third-order valence-electron chi connectivity index (χ3n) is 0.920. The van der Waals surface area contributed by atoms with E-state index in [1.807, 2.05) is 0 Å². The predicted octanol–water partition coefficient (Wildman–Crippen LogP) is 1.24. The molecule has 1 heteroatoms. The highest BCUT2D eigenvalue weighted by atomic mass is 14.9. The number of rotatable bonds is 2. The molecule has 0 fully saturated rings. The molecule has 1 rings (SSSR count). The van der Waals surface area contributed by atoms with Gasteiger partial charge in [-0.3, -0.25) is 4.99 Å². The highest BCUT2D eigenvalue weighted by Gasteiger charge is 2.05. The van der Waals surface area contributed by atoms with Crippen LogP contribution in [0.2, 0.25) is 0 Å². The highest BCUT2D eigenvalue weighted by molar-refractivity contribution is 5.96. The zero-order chi connectivity index (χ0) is 4.41. The molecule has 0 atom stereocenters. The van der Waals surface area contributed by atoms with Crippen LogP contribution < -0.4 is 0 Å². The molecule has 0 saturated heterocycles. The lowest BCUT2D eigenvalue weighted by molar-refractivity contribution is 1.01. The first-order valence-corrected chi connectivity index (χ1v) is 2.45. The summed E-state index contributed by atoms with van der Waals surface area (Å²) in [5.41, 5.74) is 1.41. The Morgan fingerprint density at radius 3 is 2.67 bits per heavy atom. The van der Waals surface area contributed by atoms with Crippen LogP contribution in [0.1, 0.15) is 19.8 Å². The van der Waals surface area contributed by atoms with Crippen LogP contribution in [0.4, 0.5) is 0 Å². The molecular weight excluding hydrogens is 74.1 g/mol. The van der Waals surface area contributed by atoms with Crippen molar-refractivity contribution in [3.63, 3.8) is 0 Å². The van der Waals surface area contributed by atoms with Gasteiger partial charge in [-0.2, -0.15) is 0 Å². The summed E-state index contributed by atoms with van der Waals surface area (Å²) in [6.45, 7) is 3.24. The van der Waals surface area contributed by atoms with Crippen molar-refractivity contribution in [2.75, 3.05) is 6.54 Å². The lowest BCUT2D eigenvalue weighted by Gasteiger charge is -1.75. The first-order chi connectivity index (χ1) is 2.93. The normalized spacial score (nSPS) is 17.2. The van der Waals surface area contributed by atoms with Gasteiger partial charge in [0.1, 0.15) is 0 Å². The van der Waals surface area contributed by atoms with Gasteiger partial charge in [0.05, 0.1) is 6.54 Å². The molecule has 0 aromatic carbocycles. The fourth-order valence-electron chi connectivity index (χ4n) is 0.503. The number of hydrogen-bond acceptors (Lipinski definition) is 1. The van der Waals surface area contributed by atoms with E-state index in [1.165, 1.54) is 18.6 Å². The Morgan fingerprint density at radius 2 is 2.50 bits per heavy atom. The van der Waals surface area contributed by atoms with Crippen molar-refractivity contribution >= 4 is 5.71 Å². The maximum absolute atomic E-state index is 4.01. The fraction of sp³-hybridized carbons (Fsp3) is 0.800. The largest absolute Gasteiger partial charge is 0.286 e. The summed E-state index contributed by atoms with van der Waals surface area (Å²) in [5, 5.41) is 0. The monoisotopic (exact) mass is 83.1 g/mol. The molecule has 0 aromatic rings. The first-order valence-electron chi connectivity index (χ1n) is 2.45. The lowest BCUT2D eigenvalue weighted by Crippen LogP contribution is -1.76. The summed E-state index contributed by atoms with van der Waals surface area (Å²) in [6.07, 6.45) is 2.50. The molecule has 0 unspecified atom stereocenters. The van der Waals surface area contributed by atoms with Crippen LogP contribution in [0.3, 0.4) is 0 Å². The Labute approximate surface area is 38.1 Å². The van der Waals surface area contributed by atoms with Crippen LogP contribution in [0.5, 0.6) is 0 Å². The van der Waals surface area contributed by atoms with Crippen LogP contribution in [0.15, 0.2) is 4.99 Å². The molecule has 1 aliphatic heterocycles. The van der Waals surface area contributed by atoms with Crippen molar-refractivity contribution in [3.8, 4) is 0 Å². The Bertz CT molecular complexity index is 74.0. The SMILES string of the molecule is CCCC1=NC1. The zero-order valence-electron chi connectivity index (χ0n) is 4.07. The van der Waals surface area contributed by atoms with E-state index in [4.69, 9.17) is 0 Å². The minimum atomic E-state index is 1.06. The third-order valence-corrected chi connectivity index (χ3v) is 0.920. The van der Waals surface area contributed by atoms with Gasteiger partial charge in [0.15, 0.2) is 0 Å². The molecule has 0 saturated carbocycles. The molecule has 0 radical (unpaired) electrons. The van der Waals surface area contributed by atoms with Gasteiger partial charge < -0.3 is 0 Å². The number of aliphatic imine (C=N–C) groups is 1. The first kappa shape index (κ1) is 3.85. The molecule has 34 valence electrons. The van der Waals surface area contributed by atoms with Gasteiger partial charge in [-0.15, -0.1) is 0 Å². The van der Waals surface area contributed by atoms with E-state index < -0.39 is 0 Å². The van der Waals surface area contributed by atoms with Crippen LogP contribution in [0.25, 0.3) is 0 Å². The molecule has 1 aliphatic rings. The maximum Gasteiger partial charge on any atom is 0.0768 e. The van der Waals surface area contributed by atoms with Crippen molar-refractivity contribution in [3.05, 3.63) is 0 Å². The van der Waals surface area contributed by atoms with E-state index in [0.29, 0.717) is 0 Å². The summed E-state index contributed by atoms with van der Waals surface area (Å²) < 4.78 is 0. The summed E-state index contributed by atoms with van der Waals surface area (Å²) in [7, 11) is 0. The van der Waals surface area contributed by atoms with E-state index >= 15 is 0 Å². The lowest BCUT2D eigenvalue weighted by atomic mass is 10.3. The summed E-state index contributed by atoms with van der Waals surface area (Å²) in [5.74, 6) is 0. The average Bonchev–Trinajstić information content (AvgIpc) is 2.21. The summed E-state index contributed by atoms with van der Waals surface area (Å²) in [6, 6.07) is 0. The van der Waals surface area contributed by atoms with Crippen LogP contribution in [-0.4, -0.2) is 12.3 Å². The van der Waals surface area contributed by atoms with Crippen molar-refractivity contribution < 1.29 is 0 Å². The molecule has 1 heterocycles. The molecular formula is C5H9N. The summed E-state index contributed by atoms with van der Waals surface area (Å²) in [4.78, 5) is 4.01. The van der Waals surface area contributed by atoms with E-state index in [0.717, 1.165) is 6.54 Å². The van der Waals surface area contributed by atoms with Gasteiger partial charge >= 0.3 is 0 Å². The predicted molar refractivity (Wildman–Crippen MR) is 27.2 cm³/mol. The van der Waals surface area contributed by atoms with Gasteiger partial charge in [0.25, 0.3) is 0 Å². The maximum atomic E-state index is 4.01. The van der Waals surface area contributed by atoms with Crippen molar-refractivity contribution in [2.24, 2.45) is 4.99 Å². The second-order valence-corrected chi connectivity index (χ2v) is 1.63. The fourth-order valence-corrected chi connectivity index (χ4v) is 0.503. The number of hydrogen-bond donors (Lipinski definition) is 0. The van der Waals surface area contributed by atoms with Gasteiger partial charge in [-0.1, -0.05) is 13.3 Å². The molecule has 0 amide bonds. The van der Waals surface area contributed by atoms with Crippen LogP contribution in [0, 0.1) is 0 Å². The van der Waals surface area contributed by atoms with E-state index in [2.05, 4.69) is 11.9 Å². The van der Waals surface area contributed by atoms with E-state index in [-0.39, 0.29) is 0 Å². The summed E-state index contributed by atoms with van der Waals surface area (Å²) >= 11 is 0. The average molecular weight is 83.1 g/mol. The Balaban J connectivity index is 2.02. The molecule has 0 aromatic heterocycles. The smallest absolute Gasteiger partial charge is 0.0768 e. The van der Waals surface area contributed by atoms with Crippen LogP contribution in [-0.2, 0) is 0 Å². The van der Waals surface area contributed by atoms with Crippen molar-refractivity contribution in [2.45, 2.75) is 19.8 Å². The topological polar surface area (TPSA) is 12.4 Å². The van der Waals surface area contributed by atoms with E-state index in [9.17, 15) is 0 Å². The van der Waals surface area contributed by atoms with Gasteiger partial charge in [-0.25, -0.2) is 0 Å². The standard InChI is InChI=1S/C5H9N/c1-2-3-5-4-6-5/h2-4H2,1H3. The van der Waals surface area contributed by atoms with E-state index in [1.54, 1.807) is 0 Å². The van der Waals surface area contributed by atoms with Crippen LogP contribution >= 0.6 is 0 Å². The second-order valence-electron chi connectivity index (χ2n) is 1.63. The molecule has 0 N–H and O–H groups in total. The Hall–Kier alpha value is -0.330. The quantitative estimate of drug-likeness (QED) is 0.476. The minimum absolute atomic E-state index is 1.06. The third kappa shape index (κ3) is 0.814.